The van der Waals surface area contributed by atoms with Gasteiger partial charge in [-0.3, -0.25) is 0 Å². The van der Waals surface area contributed by atoms with Crippen LogP contribution in [0.4, 0.5) is 10.6 Å². The monoisotopic (exact) mass is 387 g/mol. The van der Waals surface area contributed by atoms with Crippen molar-refractivity contribution in [3.8, 4) is 0 Å². The van der Waals surface area contributed by atoms with E-state index in [9.17, 15) is 4.79 Å². The number of aromatic nitrogens is 4. The molecule has 2 aliphatic heterocycles. The van der Waals surface area contributed by atoms with Crippen LogP contribution in [0.25, 0.3) is 5.65 Å². The molecule has 2 aliphatic rings. The Labute approximate surface area is 164 Å². The van der Waals surface area contributed by atoms with Gasteiger partial charge in [0.15, 0.2) is 11.5 Å². The third-order valence-electron chi connectivity index (χ3n) is 5.46. The van der Waals surface area contributed by atoms with E-state index in [0.29, 0.717) is 24.8 Å². The van der Waals surface area contributed by atoms with Gasteiger partial charge in [0.1, 0.15) is 11.9 Å². The molecule has 1 atom stereocenters. The van der Waals surface area contributed by atoms with Crippen LogP contribution in [0.5, 0.6) is 0 Å². The number of anilines is 1. The van der Waals surface area contributed by atoms with Crippen LogP contribution in [0.1, 0.15) is 50.5 Å². The first-order chi connectivity index (χ1) is 13.5. The van der Waals surface area contributed by atoms with Crippen molar-refractivity contribution in [1.82, 2.24) is 29.8 Å². The molecule has 2 fully saturated rings. The van der Waals surface area contributed by atoms with E-state index in [0.717, 1.165) is 49.5 Å². The smallest absolute Gasteiger partial charge is 0.410 e. The van der Waals surface area contributed by atoms with Gasteiger partial charge >= 0.3 is 6.09 Å². The Balaban J connectivity index is 1.39. The summed E-state index contributed by atoms with van der Waals surface area (Å²) < 4.78 is 7.46. The standard InChI is InChI=1S/C19H29N7O2/c1-12(2)16-11-21-18-17(22-13(3)24-26(16)18)23-14-5-8-25(9-6-14)19(27)28-15-4-7-20-10-15/h11-12,14-15,20H,4-10H2,1-3H3,(H,22,23,24)/t15-/m0/s1. The van der Waals surface area contributed by atoms with Crippen molar-refractivity contribution in [2.24, 2.45) is 0 Å². The molecule has 0 aromatic carbocycles. The maximum atomic E-state index is 12.3. The van der Waals surface area contributed by atoms with E-state index in [2.05, 4.69) is 39.5 Å². The lowest BCUT2D eigenvalue weighted by molar-refractivity contribution is 0.0641. The maximum absolute atomic E-state index is 12.3. The number of ether oxygens (including phenoxy) is 1. The molecule has 2 N–H and O–H groups in total. The molecular weight excluding hydrogens is 358 g/mol. The van der Waals surface area contributed by atoms with Gasteiger partial charge in [-0.25, -0.2) is 19.3 Å². The number of amides is 1. The van der Waals surface area contributed by atoms with Crippen molar-refractivity contribution in [3.05, 3.63) is 17.7 Å². The van der Waals surface area contributed by atoms with E-state index in [1.807, 2.05) is 22.5 Å². The van der Waals surface area contributed by atoms with Crippen molar-refractivity contribution in [2.75, 3.05) is 31.5 Å². The fourth-order valence-electron chi connectivity index (χ4n) is 3.84. The molecule has 0 saturated carbocycles. The Bertz CT molecular complexity index is 836. The molecule has 4 rings (SSSR count). The Morgan fingerprint density at radius 1 is 1.32 bits per heavy atom. The molecule has 0 aliphatic carbocycles. The lowest BCUT2D eigenvalue weighted by atomic mass is 10.1. The van der Waals surface area contributed by atoms with Gasteiger partial charge in [0.05, 0.1) is 11.9 Å². The highest BCUT2D eigenvalue weighted by molar-refractivity contribution is 5.68. The second-order valence-corrected chi connectivity index (χ2v) is 7.99. The first-order valence-electron chi connectivity index (χ1n) is 10.2. The highest BCUT2D eigenvalue weighted by Gasteiger charge is 2.27. The Hall–Kier alpha value is -2.42. The number of fused-ring (bicyclic) bond motifs is 1. The van der Waals surface area contributed by atoms with Crippen LogP contribution < -0.4 is 10.6 Å². The van der Waals surface area contributed by atoms with Crippen molar-refractivity contribution >= 4 is 17.6 Å². The number of rotatable bonds is 4. The number of hydrogen-bond donors (Lipinski definition) is 2. The number of imidazole rings is 1. The van der Waals surface area contributed by atoms with Crippen molar-refractivity contribution in [3.63, 3.8) is 0 Å². The lowest BCUT2D eigenvalue weighted by Crippen LogP contribution is -2.44. The quantitative estimate of drug-likeness (QED) is 0.827. The van der Waals surface area contributed by atoms with Crippen LogP contribution in [-0.4, -0.2) is 68.9 Å². The molecule has 0 spiro atoms. The number of carbonyl (C=O) groups excluding carboxylic acids is 1. The molecule has 2 saturated heterocycles. The zero-order valence-electron chi connectivity index (χ0n) is 16.8. The van der Waals surface area contributed by atoms with Gasteiger partial charge in [-0.1, -0.05) is 13.8 Å². The highest BCUT2D eigenvalue weighted by atomic mass is 16.6. The first kappa shape index (κ1) is 18.9. The summed E-state index contributed by atoms with van der Waals surface area (Å²) in [6.07, 6.45) is 4.29. The van der Waals surface area contributed by atoms with Crippen LogP contribution in [0.3, 0.4) is 0 Å². The van der Waals surface area contributed by atoms with Gasteiger partial charge in [-0.2, -0.15) is 5.10 Å². The zero-order valence-corrected chi connectivity index (χ0v) is 16.8. The number of likely N-dealkylation sites (tertiary alicyclic amines) is 1. The van der Waals surface area contributed by atoms with Crippen LogP contribution in [0, 0.1) is 6.92 Å². The average molecular weight is 387 g/mol. The summed E-state index contributed by atoms with van der Waals surface area (Å²) in [5.41, 5.74) is 1.83. The molecule has 2 aromatic heterocycles. The molecule has 2 aromatic rings. The molecule has 0 unspecified atom stereocenters. The van der Waals surface area contributed by atoms with Gasteiger partial charge < -0.3 is 20.3 Å². The van der Waals surface area contributed by atoms with Gasteiger partial charge in [0, 0.05) is 25.7 Å². The first-order valence-corrected chi connectivity index (χ1v) is 10.2. The molecule has 9 heteroatoms. The Kier molecular flexibility index (Phi) is 5.34. The molecule has 1 amide bonds. The second kappa shape index (κ2) is 7.90. The molecule has 0 radical (unpaired) electrons. The molecule has 4 heterocycles. The predicted molar refractivity (Wildman–Crippen MR) is 106 cm³/mol. The Morgan fingerprint density at radius 2 is 2.11 bits per heavy atom. The van der Waals surface area contributed by atoms with E-state index >= 15 is 0 Å². The lowest BCUT2D eigenvalue weighted by Gasteiger charge is -2.32. The summed E-state index contributed by atoms with van der Waals surface area (Å²) in [6.45, 7) is 9.20. The molecule has 152 valence electrons. The summed E-state index contributed by atoms with van der Waals surface area (Å²) >= 11 is 0. The Morgan fingerprint density at radius 3 is 2.79 bits per heavy atom. The van der Waals surface area contributed by atoms with Crippen LogP contribution in [-0.2, 0) is 4.74 Å². The summed E-state index contributed by atoms with van der Waals surface area (Å²) in [7, 11) is 0. The molecule has 0 bridgehead atoms. The number of nitrogens with one attached hydrogen (secondary N) is 2. The third-order valence-corrected chi connectivity index (χ3v) is 5.46. The zero-order chi connectivity index (χ0) is 19.7. The summed E-state index contributed by atoms with van der Waals surface area (Å²) in [6, 6.07) is 0.245. The minimum absolute atomic E-state index is 0.0104. The SMILES string of the molecule is Cc1nc(NC2CCN(C(=O)O[C@H]3CCNC3)CC2)c2ncc(C(C)C)n2n1. The van der Waals surface area contributed by atoms with E-state index in [1.165, 1.54) is 0 Å². The highest BCUT2D eigenvalue weighted by Crippen LogP contribution is 2.22. The van der Waals surface area contributed by atoms with Crippen molar-refractivity contribution in [2.45, 2.75) is 58.1 Å². The van der Waals surface area contributed by atoms with E-state index in [-0.39, 0.29) is 18.2 Å². The van der Waals surface area contributed by atoms with Gasteiger partial charge in [-0.05, 0) is 38.6 Å². The van der Waals surface area contributed by atoms with E-state index in [1.54, 1.807) is 0 Å². The number of hydrogen-bond acceptors (Lipinski definition) is 7. The number of piperidine rings is 1. The summed E-state index contributed by atoms with van der Waals surface area (Å²) in [5.74, 6) is 1.81. The molecular formula is C19H29N7O2. The molecule has 28 heavy (non-hydrogen) atoms. The minimum Gasteiger partial charge on any atom is -0.445 e. The van der Waals surface area contributed by atoms with E-state index in [4.69, 9.17) is 4.74 Å². The van der Waals surface area contributed by atoms with Crippen LogP contribution in [0.15, 0.2) is 6.20 Å². The van der Waals surface area contributed by atoms with Crippen molar-refractivity contribution < 1.29 is 9.53 Å². The third kappa shape index (κ3) is 3.89. The predicted octanol–water partition coefficient (Wildman–Crippen LogP) is 1.93. The number of carbonyl (C=O) groups is 1. The molecule has 9 nitrogen and oxygen atoms in total. The number of aryl methyl sites for hydroxylation is 1. The minimum atomic E-state index is -0.192. The second-order valence-electron chi connectivity index (χ2n) is 7.99. The average Bonchev–Trinajstić information content (AvgIpc) is 3.31. The largest absolute Gasteiger partial charge is 0.445 e. The van der Waals surface area contributed by atoms with Gasteiger partial charge in [0.25, 0.3) is 0 Å². The van der Waals surface area contributed by atoms with Crippen LogP contribution >= 0.6 is 0 Å². The summed E-state index contributed by atoms with van der Waals surface area (Å²) in [4.78, 5) is 23.2. The fourth-order valence-corrected chi connectivity index (χ4v) is 3.84. The van der Waals surface area contributed by atoms with Gasteiger partial charge in [0.2, 0.25) is 0 Å². The fraction of sp³-hybridized carbons (Fsp3) is 0.684. The number of nitrogens with zero attached hydrogens (tertiary/aromatic N) is 5. The van der Waals surface area contributed by atoms with E-state index < -0.39 is 0 Å². The topological polar surface area (TPSA) is 96.7 Å². The normalized spacial score (nSPS) is 20.9. The van der Waals surface area contributed by atoms with Gasteiger partial charge in [-0.15, -0.1) is 0 Å². The van der Waals surface area contributed by atoms with Crippen LogP contribution in [0.2, 0.25) is 0 Å². The summed E-state index contributed by atoms with van der Waals surface area (Å²) in [5, 5.41) is 11.3. The van der Waals surface area contributed by atoms with Crippen molar-refractivity contribution in [1.29, 1.82) is 0 Å². The maximum Gasteiger partial charge on any atom is 0.410 e.